The Labute approximate surface area is 226 Å². The van der Waals surface area contributed by atoms with Gasteiger partial charge >= 0.3 is 5.97 Å². The Balaban J connectivity index is 1.61. The van der Waals surface area contributed by atoms with Gasteiger partial charge in [-0.15, -0.1) is 0 Å². The van der Waals surface area contributed by atoms with E-state index in [1.54, 1.807) is 14.2 Å². The summed E-state index contributed by atoms with van der Waals surface area (Å²) in [6.07, 6.45) is 4.84. The van der Waals surface area contributed by atoms with Gasteiger partial charge < -0.3 is 14.2 Å². The number of esters is 1. The van der Waals surface area contributed by atoms with Gasteiger partial charge in [0.15, 0.2) is 17.3 Å². The number of carbonyl (C=O) groups is 2. The molecule has 2 aromatic carbocycles. The summed E-state index contributed by atoms with van der Waals surface area (Å²) in [4.78, 5) is 32.4. The molecule has 0 aromatic heterocycles. The molecular weight excluding hydrogens is 534 g/mol. The molecule has 1 aliphatic heterocycles. The van der Waals surface area contributed by atoms with Crippen molar-refractivity contribution in [1.29, 1.82) is 0 Å². The molecule has 3 aliphatic rings. The van der Waals surface area contributed by atoms with E-state index in [4.69, 9.17) is 19.2 Å². The zero-order valence-electron chi connectivity index (χ0n) is 21.5. The van der Waals surface area contributed by atoms with E-state index in [9.17, 15) is 9.59 Å². The molecule has 6 nitrogen and oxygen atoms in total. The van der Waals surface area contributed by atoms with Crippen LogP contribution in [0.3, 0.4) is 0 Å². The molecule has 1 heterocycles. The van der Waals surface area contributed by atoms with E-state index in [1.165, 1.54) is 0 Å². The maximum absolute atomic E-state index is 13.9. The van der Waals surface area contributed by atoms with Crippen molar-refractivity contribution in [2.24, 2.45) is 10.9 Å². The normalized spacial score (nSPS) is 23.9. The number of hydrogen-bond donors (Lipinski definition) is 0. The molecule has 7 heteroatoms. The Bertz CT molecular complexity index is 1260. The number of aliphatic imine (C=N–C) groups is 1. The van der Waals surface area contributed by atoms with Crippen LogP contribution in [0.25, 0.3) is 0 Å². The standard InChI is InChI=1S/C30H32BrNO5/c1-17-27(30(34)37-20-11-7-8-12-20)28(21-15-25(35-2)26(36-3)16-22(21)31)29-23(32-17)13-19(14-24(29)33)18-9-5-4-6-10-18/h4-6,9-10,15-16,19-20,27-28H,7-8,11-14H2,1-3H3/t19-,27?,28-/m0/s1. The van der Waals surface area contributed by atoms with E-state index in [1.807, 2.05) is 37.3 Å². The van der Waals surface area contributed by atoms with Gasteiger partial charge in [0.2, 0.25) is 0 Å². The number of halogens is 1. The summed E-state index contributed by atoms with van der Waals surface area (Å²) in [5.74, 6) is -0.346. The number of ketones is 1. The van der Waals surface area contributed by atoms with Crippen LogP contribution in [-0.4, -0.2) is 37.8 Å². The van der Waals surface area contributed by atoms with Crippen LogP contribution in [0.4, 0.5) is 0 Å². The summed E-state index contributed by atoms with van der Waals surface area (Å²) in [6.45, 7) is 1.88. The van der Waals surface area contributed by atoms with E-state index >= 15 is 0 Å². The van der Waals surface area contributed by atoms with Crippen molar-refractivity contribution < 1.29 is 23.8 Å². The third kappa shape index (κ3) is 4.98. The lowest BCUT2D eigenvalue weighted by Crippen LogP contribution is -2.39. The highest BCUT2D eigenvalue weighted by Crippen LogP contribution is 2.50. The number of Topliss-reactive ketones (excluding diaryl/α,β-unsaturated/α-hetero) is 1. The zero-order valence-corrected chi connectivity index (χ0v) is 23.0. The Hall–Kier alpha value is -2.93. The largest absolute Gasteiger partial charge is 0.493 e. The van der Waals surface area contributed by atoms with Crippen LogP contribution in [0.1, 0.15) is 68.4 Å². The fraction of sp³-hybridized carbons (Fsp3) is 0.433. The van der Waals surface area contributed by atoms with Gasteiger partial charge in [0, 0.05) is 33.8 Å². The topological polar surface area (TPSA) is 74.2 Å². The molecule has 0 saturated heterocycles. The Kier molecular flexibility index (Phi) is 7.52. The molecule has 3 atom stereocenters. The van der Waals surface area contributed by atoms with Gasteiger partial charge in [0.25, 0.3) is 0 Å². The van der Waals surface area contributed by atoms with Gasteiger partial charge in [-0.1, -0.05) is 46.3 Å². The lowest BCUT2D eigenvalue weighted by atomic mass is 9.69. The first-order valence-corrected chi connectivity index (χ1v) is 13.7. The second kappa shape index (κ2) is 10.8. The van der Waals surface area contributed by atoms with Crippen LogP contribution < -0.4 is 9.47 Å². The Morgan fingerprint density at radius 1 is 1.00 bits per heavy atom. The smallest absolute Gasteiger partial charge is 0.315 e. The third-order valence-electron chi connectivity index (χ3n) is 7.84. The summed E-state index contributed by atoms with van der Waals surface area (Å²) in [6, 6.07) is 13.8. The summed E-state index contributed by atoms with van der Waals surface area (Å²) in [7, 11) is 3.16. The van der Waals surface area contributed by atoms with E-state index in [2.05, 4.69) is 28.1 Å². The zero-order chi connectivity index (χ0) is 26.1. The summed E-state index contributed by atoms with van der Waals surface area (Å²) < 4.78 is 17.8. The van der Waals surface area contributed by atoms with Crippen LogP contribution in [-0.2, 0) is 14.3 Å². The maximum atomic E-state index is 13.9. The van der Waals surface area contributed by atoms with Crippen molar-refractivity contribution in [1.82, 2.24) is 0 Å². The van der Waals surface area contributed by atoms with Crippen molar-refractivity contribution in [3.63, 3.8) is 0 Å². The summed E-state index contributed by atoms with van der Waals surface area (Å²) in [5, 5.41) is 0. The highest BCUT2D eigenvalue weighted by atomic mass is 79.9. The molecule has 37 heavy (non-hydrogen) atoms. The van der Waals surface area contributed by atoms with Crippen LogP contribution >= 0.6 is 15.9 Å². The van der Waals surface area contributed by atoms with Crippen LogP contribution in [0, 0.1) is 5.92 Å². The molecule has 1 unspecified atom stereocenters. The Morgan fingerprint density at radius 2 is 1.68 bits per heavy atom. The average Bonchev–Trinajstić information content (AvgIpc) is 3.41. The average molecular weight is 566 g/mol. The lowest BCUT2D eigenvalue weighted by Gasteiger charge is -2.37. The number of carbonyl (C=O) groups excluding carboxylic acids is 2. The fourth-order valence-electron chi connectivity index (χ4n) is 6.01. The third-order valence-corrected chi connectivity index (χ3v) is 8.52. The molecule has 5 rings (SSSR count). The number of ether oxygens (including phenoxy) is 3. The number of methoxy groups -OCH3 is 2. The predicted molar refractivity (Wildman–Crippen MR) is 145 cm³/mol. The fourth-order valence-corrected chi connectivity index (χ4v) is 6.58. The predicted octanol–water partition coefficient (Wildman–Crippen LogP) is 6.53. The lowest BCUT2D eigenvalue weighted by molar-refractivity contribution is -0.151. The monoisotopic (exact) mass is 565 g/mol. The molecule has 0 bridgehead atoms. The quantitative estimate of drug-likeness (QED) is 0.372. The molecule has 1 saturated carbocycles. The van der Waals surface area contributed by atoms with Crippen molar-refractivity contribution in [3.8, 4) is 11.5 Å². The van der Waals surface area contributed by atoms with Gasteiger partial charge in [-0.2, -0.15) is 0 Å². The van der Waals surface area contributed by atoms with Gasteiger partial charge in [-0.3, -0.25) is 14.6 Å². The minimum Gasteiger partial charge on any atom is -0.493 e. The van der Waals surface area contributed by atoms with Gasteiger partial charge in [-0.25, -0.2) is 0 Å². The number of hydrogen-bond acceptors (Lipinski definition) is 6. The molecule has 194 valence electrons. The van der Waals surface area contributed by atoms with Gasteiger partial charge in [0.1, 0.15) is 12.0 Å². The van der Waals surface area contributed by atoms with E-state index < -0.39 is 11.8 Å². The van der Waals surface area contributed by atoms with Crippen molar-refractivity contribution >= 4 is 33.4 Å². The number of rotatable bonds is 6. The molecule has 0 spiro atoms. The second-order valence-electron chi connectivity index (χ2n) is 10.1. The van der Waals surface area contributed by atoms with Crippen LogP contribution in [0.15, 0.2) is 63.2 Å². The summed E-state index contributed by atoms with van der Waals surface area (Å²) >= 11 is 3.70. The molecule has 0 amide bonds. The van der Waals surface area contributed by atoms with Gasteiger partial charge in [0.05, 0.1) is 14.2 Å². The van der Waals surface area contributed by atoms with Crippen molar-refractivity contribution in [2.45, 2.75) is 63.4 Å². The molecule has 1 fully saturated rings. The highest BCUT2D eigenvalue weighted by Gasteiger charge is 2.46. The highest BCUT2D eigenvalue weighted by molar-refractivity contribution is 9.10. The SMILES string of the molecule is COc1cc(Br)c([C@@H]2C3=C(C[C@H](c4ccccc4)CC3=O)N=C(C)C2C(=O)OC2CCCC2)cc1OC. The first kappa shape index (κ1) is 25.7. The first-order chi connectivity index (χ1) is 17.9. The van der Waals surface area contributed by atoms with E-state index in [0.29, 0.717) is 35.6 Å². The van der Waals surface area contributed by atoms with Crippen molar-refractivity contribution in [3.05, 3.63) is 69.3 Å². The van der Waals surface area contributed by atoms with Crippen molar-refractivity contribution in [2.75, 3.05) is 14.2 Å². The summed E-state index contributed by atoms with van der Waals surface area (Å²) in [5.41, 5.74) is 3.97. The molecule has 0 radical (unpaired) electrons. The van der Waals surface area contributed by atoms with Gasteiger partial charge in [-0.05, 0) is 68.2 Å². The second-order valence-corrected chi connectivity index (χ2v) is 10.9. The molecular formula is C30H32BrNO5. The van der Waals surface area contributed by atoms with Crippen LogP contribution in [0.5, 0.6) is 11.5 Å². The molecule has 0 N–H and O–H groups in total. The van der Waals surface area contributed by atoms with E-state index in [-0.39, 0.29) is 23.8 Å². The number of nitrogens with zero attached hydrogens (tertiary/aromatic N) is 1. The Morgan fingerprint density at radius 3 is 2.35 bits per heavy atom. The van der Waals surface area contributed by atoms with Crippen LogP contribution in [0.2, 0.25) is 0 Å². The minimum atomic E-state index is -0.689. The maximum Gasteiger partial charge on any atom is 0.315 e. The van der Waals surface area contributed by atoms with E-state index in [0.717, 1.165) is 47.0 Å². The number of allylic oxidation sites excluding steroid dienone is 2. The minimum absolute atomic E-state index is 0.0247. The first-order valence-electron chi connectivity index (χ1n) is 12.9. The number of benzene rings is 2. The molecule has 2 aliphatic carbocycles. The molecule has 2 aromatic rings.